The third-order valence-electron chi connectivity index (χ3n) is 3.03. The lowest BCUT2D eigenvalue weighted by Gasteiger charge is -2.30. The summed E-state index contributed by atoms with van der Waals surface area (Å²) in [6.45, 7) is 3.85. The molecule has 114 valence electrons. The molecule has 0 saturated carbocycles. The number of rotatable bonds is 4. The molecule has 1 aliphatic rings. The molecule has 0 bridgehead atoms. The first-order chi connectivity index (χ1) is 10.1. The molecule has 0 aromatic carbocycles. The summed E-state index contributed by atoms with van der Waals surface area (Å²) in [6, 6.07) is 3.16. The third-order valence-corrected chi connectivity index (χ3v) is 3.38. The fourth-order valence-electron chi connectivity index (χ4n) is 2.07. The van der Waals surface area contributed by atoms with Crippen LogP contribution in [0.3, 0.4) is 0 Å². The zero-order chi connectivity index (χ0) is 15.2. The number of thiocarbonyl (C=S) groups is 1. The summed E-state index contributed by atoms with van der Waals surface area (Å²) < 4.78 is 4.97. The molecule has 2 amide bonds. The van der Waals surface area contributed by atoms with Crippen LogP contribution in [0.2, 0.25) is 0 Å². The molecular weight excluding hydrogens is 292 g/mol. The molecule has 1 fully saturated rings. The first kappa shape index (κ1) is 15.3. The van der Waals surface area contributed by atoms with Gasteiger partial charge in [-0.05, 0) is 37.7 Å². The van der Waals surface area contributed by atoms with E-state index in [9.17, 15) is 9.59 Å². The topological polar surface area (TPSA) is 77.8 Å². The van der Waals surface area contributed by atoms with Crippen LogP contribution in [0.15, 0.2) is 22.8 Å². The van der Waals surface area contributed by atoms with Crippen molar-refractivity contribution in [1.82, 2.24) is 20.7 Å². The van der Waals surface area contributed by atoms with Gasteiger partial charge < -0.3 is 15.1 Å². The van der Waals surface area contributed by atoms with E-state index in [0.29, 0.717) is 24.7 Å². The Labute approximate surface area is 128 Å². The molecule has 0 atom stereocenters. The fraction of sp³-hybridized carbons (Fsp3) is 0.462. The van der Waals surface area contributed by atoms with Crippen LogP contribution in [0.5, 0.6) is 0 Å². The Morgan fingerprint density at radius 1 is 1.33 bits per heavy atom. The van der Waals surface area contributed by atoms with Gasteiger partial charge in [0.05, 0.1) is 12.8 Å². The smallest absolute Gasteiger partial charge is 0.287 e. The van der Waals surface area contributed by atoms with Crippen LogP contribution in [-0.4, -0.2) is 53.1 Å². The normalized spacial score (nSPS) is 14.1. The molecule has 0 unspecified atom stereocenters. The molecule has 1 saturated heterocycles. The molecule has 7 nitrogen and oxygen atoms in total. The molecule has 2 rings (SSSR count). The molecule has 1 aliphatic heterocycles. The van der Waals surface area contributed by atoms with E-state index in [2.05, 4.69) is 10.6 Å². The Hall–Kier alpha value is -2.09. The van der Waals surface area contributed by atoms with Crippen LogP contribution in [0.1, 0.15) is 23.9 Å². The van der Waals surface area contributed by atoms with Crippen molar-refractivity contribution < 1.29 is 14.0 Å². The summed E-state index contributed by atoms with van der Waals surface area (Å²) in [7, 11) is 0. The van der Waals surface area contributed by atoms with E-state index in [0.717, 1.165) is 6.42 Å². The lowest BCUT2D eigenvalue weighted by Crippen LogP contribution is -2.51. The van der Waals surface area contributed by atoms with E-state index in [1.165, 1.54) is 6.26 Å². The fourth-order valence-corrected chi connectivity index (χ4v) is 2.40. The van der Waals surface area contributed by atoms with Gasteiger partial charge in [-0.2, -0.15) is 0 Å². The number of nitrogens with one attached hydrogen (secondary N) is 2. The number of hydrogen-bond donors (Lipinski definition) is 2. The highest BCUT2D eigenvalue weighted by molar-refractivity contribution is 7.80. The monoisotopic (exact) mass is 310 g/mol. The number of amides is 2. The first-order valence-electron chi connectivity index (χ1n) is 6.80. The Morgan fingerprint density at radius 3 is 2.76 bits per heavy atom. The molecule has 1 aromatic heterocycles. The average Bonchev–Trinajstić information content (AvgIpc) is 3.14. The van der Waals surface area contributed by atoms with Gasteiger partial charge in [-0.15, -0.1) is 0 Å². The van der Waals surface area contributed by atoms with Crippen molar-refractivity contribution in [2.45, 2.75) is 13.3 Å². The molecule has 0 aliphatic carbocycles. The maximum absolute atomic E-state index is 12.2. The summed E-state index contributed by atoms with van der Waals surface area (Å²) in [5.41, 5.74) is 0. The van der Waals surface area contributed by atoms with Crippen LogP contribution in [-0.2, 0) is 4.79 Å². The summed E-state index contributed by atoms with van der Waals surface area (Å²) in [4.78, 5) is 23.9. The van der Waals surface area contributed by atoms with E-state index in [4.69, 9.17) is 16.6 Å². The van der Waals surface area contributed by atoms with Crippen LogP contribution >= 0.6 is 12.2 Å². The molecule has 2 heterocycles. The Kier molecular flexibility index (Phi) is 5.15. The second kappa shape index (κ2) is 7.07. The molecular formula is C13H18N4O3S. The van der Waals surface area contributed by atoms with Crippen molar-refractivity contribution in [1.29, 1.82) is 0 Å². The molecule has 21 heavy (non-hydrogen) atoms. The third kappa shape index (κ3) is 3.72. The zero-order valence-electron chi connectivity index (χ0n) is 11.8. The lowest BCUT2D eigenvalue weighted by atomic mass is 10.4. The second-order valence-electron chi connectivity index (χ2n) is 4.49. The Morgan fingerprint density at radius 2 is 2.10 bits per heavy atom. The quantitative estimate of drug-likeness (QED) is 0.782. The highest BCUT2D eigenvalue weighted by Crippen LogP contribution is 2.11. The molecule has 0 spiro atoms. The van der Waals surface area contributed by atoms with E-state index in [1.807, 2.05) is 6.92 Å². The summed E-state index contributed by atoms with van der Waals surface area (Å²) in [5, 5.41) is 9.39. The molecule has 0 radical (unpaired) electrons. The van der Waals surface area contributed by atoms with Crippen LogP contribution in [0.4, 0.5) is 0 Å². The standard InChI is InChI=1S/C13H18N4O3S/c1-2-14-13(21)17-7-4-6-16(17)11(18)9-15-12(19)10-5-3-8-20-10/h3,5,8H,2,4,6-7,9H2,1H3,(H,14,21)(H,15,19). The second-order valence-corrected chi connectivity index (χ2v) is 4.88. The van der Waals surface area contributed by atoms with Gasteiger partial charge in [0, 0.05) is 19.6 Å². The molecule has 1 aromatic rings. The van der Waals surface area contributed by atoms with Gasteiger partial charge in [-0.1, -0.05) is 0 Å². The number of nitrogens with zero attached hydrogens (tertiary/aromatic N) is 2. The Bertz CT molecular complexity index is 517. The first-order valence-corrected chi connectivity index (χ1v) is 7.21. The van der Waals surface area contributed by atoms with Gasteiger partial charge >= 0.3 is 0 Å². The van der Waals surface area contributed by atoms with Gasteiger partial charge in [0.25, 0.3) is 11.8 Å². The van der Waals surface area contributed by atoms with Gasteiger partial charge in [0.2, 0.25) is 0 Å². The van der Waals surface area contributed by atoms with E-state index < -0.39 is 5.91 Å². The van der Waals surface area contributed by atoms with Gasteiger partial charge in [0.15, 0.2) is 10.9 Å². The predicted octanol–water partition coefficient (Wildman–Crippen LogP) is 0.353. The predicted molar refractivity (Wildman–Crippen MR) is 80.4 cm³/mol. The number of carbonyl (C=O) groups is 2. The van der Waals surface area contributed by atoms with Crippen LogP contribution < -0.4 is 10.6 Å². The highest BCUT2D eigenvalue weighted by Gasteiger charge is 2.28. The summed E-state index contributed by atoms with van der Waals surface area (Å²) in [6.07, 6.45) is 2.26. The van der Waals surface area contributed by atoms with Crippen molar-refractivity contribution in [2.24, 2.45) is 0 Å². The SMILES string of the molecule is CCNC(=S)N1CCCN1C(=O)CNC(=O)c1ccco1. The van der Waals surface area contributed by atoms with Crippen molar-refractivity contribution in [3.05, 3.63) is 24.2 Å². The molecule has 8 heteroatoms. The van der Waals surface area contributed by atoms with E-state index >= 15 is 0 Å². The van der Waals surface area contributed by atoms with E-state index in [1.54, 1.807) is 22.2 Å². The lowest BCUT2D eigenvalue weighted by molar-refractivity contribution is -0.137. The minimum atomic E-state index is -0.409. The minimum absolute atomic E-state index is 0.0925. The largest absolute Gasteiger partial charge is 0.459 e. The van der Waals surface area contributed by atoms with Crippen LogP contribution in [0, 0.1) is 0 Å². The number of carbonyl (C=O) groups excluding carboxylic acids is 2. The number of hydrazine groups is 1. The average molecular weight is 310 g/mol. The van der Waals surface area contributed by atoms with Crippen molar-refractivity contribution >= 4 is 29.1 Å². The van der Waals surface area contributed by atoms with Gasteiger partial charge in [-0.3, -0.25) is 19.6 Å². The van der Waals surface area contributed by atoms with Gasteiger partial charge in [-0.25, -0.2) is 0 Å². The number of hydrogen-bond acceptors (Lipinski definition) is 4. The van der Waals surface area contributed by atoms with Crippen LogP contribution in [0.25, 0.3) is 0 Å². The molecule has 2 N–H and O–H groups in total. The van der Waals surface area contributed by atoms with Crippen molar-refractivity contribution in [3.8, 4) is 0 Å². The zero-order valence-corrected chi connectivity index (χ0v) is 12.6. The van der Waals surface area contributed by atoms with Gasteiger partial charge in [0.1, 0.15) is 0 Å². The maximum atomic E-state index is 12.2. The number of furan rings is 1. The van der Waals surface area contributed by atoms with Crippen molar-refractivity contribution in [3.63, 3.8) is 0 Å². The highest BCUT2D eigenvalue weighted by atomic mass is 32.1. The van der Waals surface area contributed by atoms with Crippen molar-refractivity contribution in [2.75, 3.05) is 26.2 Å². The Balaban J connectivity index is 1.87. The summed E-state index contributed by atoms with van der Waals surface area (Å²) in [5.74, 6) is -0.426. The minimum Gasteiger partial charge on any atom is -0.459 e. The maximum Gasteiger partial charge on any atom is 0.287 e. The van der Waals surface area contributed by atoms with E-state index in [-0.39, 0.29) is 18.2 Å². The summed E-state index contributed by atoms with van der Waals surface area (Å²) >= 11 is 5.23.